The zero-order chi connectivity index (χ0) is 23.8. The number of hydrogen-bond acceptors (Lipinski definition) is 5. The van der Waals surface area contributed by atoms with Crippen molar-refractivity contribution in [2.45, 2.75) is 12.7 Å². The van der Waals surface area contributed by atoms with Crippen molar-refractivity contribution in [2.24, 2.45) is 0 Å². The Bertz CT molecular complexity index is 1270. The van der Waals surface area contributed by atoms with Crippen LogP contribution in [-0.4, -0.2) is 46.0 Å². The van der Waals surface area contributed by atoms with Gasteiger partial charge in [-0.05, 0) is 60.3 Å². The highest BCUT2D eigenvalue weighted by molar-refractivity contribution is 8.18. The van der Waals surface area contributed by atoms with E-state index >= 15 is 0 Å². The summed E-state index contributed by atoms with van der Waals surface area (Å²) < 4.78 is 41.7. The number of alkyl halides is 3. The summed E-state index contributed by atoms with van der Waals surface area (Å²) >= 11 is 6.64. The molecule has 1 fully saturated rings. The maximum Gasteiger partial charge on any atom is 0.416 e. The van der Waals surface area contributed by atoms with Gasteiger partial charge in [0, 0.05) is 23.5 Å². The van der Waals surface area contributed by atoms with Crippen molar-refractivity contribution >= 4 is 51.5 Å². The van der Waals surface area contributed by atoms with Gasteiger partial charge >= 0.3 is 6.18 Å². The van der Waals surface area contributed by atoms with Gasteiger partial charge in [-0.3, -0.25) is 19.2 Å². The minimum Gasteiger partial charge on any atom is -0.318 e. The molecule has 6 nitrogen and oxygen atoms in total. The number of imide groups is 1. The Morgan fingerprint density at radius 2 is 1.97 bits per heavy atom. The van der Waals surface area contributed by atoms with Crippen molar-refractivity contribution in [3.8, 4) is 0 Å². The maximum atomic E-state index is 13.4. The van der Waals surface area contributed by atoms with E-state index in [0.29, 0.717) is 27.9 Å². The molecular weight excluding hydrogens is 477 g/mol. The molecular formula is C22H18ClF3N4O2S. The highest BCUT2D eigenvalue weighted by atomic mass is 35.5. The number of aromatic nitrogens is 2. The average Bonchev–Trinajstić information content (AvgIpc) is 3.27. The van der Waals surface area contributed by atoms with Crippen LogP contribution in [0.25, 0.3) is 17.0 Å². The van der Waals surface area contributed by atoms with Crippen LogP contribution in [0.4, 0.5) is 18.0 Å². The van der Waals surface area contributed by atoms with E-state index in [1.165, 1.54) is 21.7 Å². The van der Waals surface area contributed by atoms with Gasteiger partial charge in [0.2, 0.25) is 0 Å². The number of halogens is 4. The third kappa shape index (κ3) is 4.92. The smallest absolute Gasteiger partial charge is 0.318 e. The maximum absolute atomic E-state index is 13.4. The molecule has 0 radical (unpaired) electrons. The van der Waals surface area contributed by atoms with Gasteiger partial charge in [0.25, 0.3) is 11.1 Å². The largest absolute Gasteiger partial charge is 0.416 e. The molecule has 3 aromatic rings. The summed E-state index contributed by atoms with van der Waals surface area (Å²) in [4.78, 5) is 26.1. The molecule has 1 aliphatic heterocycles. The standard InChI is InChI=1S/C22H18ClF3N4O2S/c1-27-6-7-29-20(31)19(33-21(29)32)9-13-2-5-18-15(8-13)11-28-30(18)12-14-3-4-16(23)10-17(14)22(24,25)26/h2-5,8-11,27H,6-7,12H2,1H3/b19-9-. The van der Waals surface area contributed by atoms with E-state index < -0.39 is 11.7 Å². The Morgan fingerprint density at radius 3 is 2.70 bits per heavy atom. The van der Waals surface area contributed by atoms with Crippen molar-refractivity contribution in [1.29, 1.82) is 0 Å². The monoisotopic (exact) mass is 494 g/mol. The van der Waals surface area contributed by atoms with Crippen LogP contribution < -0.4 is 5.32 Å². The number of carbonyl (C=O) groups is 2. The number of nitrogens with zero attached hydrogens (tertiary/aromatic N) is 3. The van der Waals surface area contributed by atoms with E-state index in [9.17, 15) is 22.8 Å². The molecule has 0 atom stereocenters. The molecule has 2 amide bonds. The number of nitrogens with one attached hydrogen (secondary N) is 1. The summed E-state index contributed by atoms with van der Waals surface area (Å²) in [5.41, 5.74) is 0.571. The minimum atomic E-state index is -4.54. The van der Waals surface area contributed by atoms with Gasteiger partial charge in [-0.25, -0.2) is 0 Å². The van der Waals surface area contributed by atoms with Crippen molar-refractivity contribution in [3.63, 3.8) is 0 Å². The lowest BCUT2D eigenvalue weighted by atomic mass is 10.1. The summed E-state index contributed by atoms with van der Waals surface area (Å²) in [5.74, 6) is -0.349. The van der Waals surface area contributed by atoms with Crippen LogP contribution in [0.1, 0.15) is 16.7 Å². The lowest BCUT2D eigenvalue weighted by Gasteiger charge is -2.14. The molecule has 0 bridgehead atoms. The Labute approximate surface area is 196 Å². The molecule has 0 spiro atoms. The number of benzene rings is 2. The third-order valence-corrected chi connectivity index (χ3v) is 6.26. The molecule has 1 saturated heterocycles. The second-order valence-corrected chi connectivity index (χ2v) is 8.79. The predicted octanol–water partition coefficient (Wildman–Crippen LogP) is 5.01. The Kier molecular flexibility index (Phi) is 6.51. The normalized spacial score (nSPS) is 15.9. The Hall–Kier alpha value is -2.82. The number of rotatable bonds is 6. The molecule has 2 heterocycles. The summed E-state index contributed by atoms with van der Waals surface area (Å²) in [7, 11) is 1.74. The molecule has 0 unspecified atom stereocenters. The molecule has 1 aromatic heterocycles. The predicted molar refractivity (Wildman–Crippen MR) is 122 cm³/mol. The van der Waals surface area contributed by atoms with E-state index in [2.05, 4.69) is 10.4 Å². The topological polar surface area (TPSA) is 67.2 Å². The van der Waals surface area contributed by atoms with Gasteiger partial charge in [0.15, 0.2) is 0 Å². The van der Waals surface area contributed by atoms with E-state index in [0.717, 1.165) is 17.8 Å². The van der Waals surface area contributed by atoms with Crippen molar-refractivity contribution in [1.82, 2.24) is 20.0 Å². The summed E-state index contributed by atoms with van der Waals surface area (Å²) in [6.07, 6.45) is -1.36. The first-order valence-corrected chi connectivity index (χ1v) is 11.1. The zero-order valence-corrected chi connectivity index (χ0v) is 18.9. The van der Waals surface area contributed by atoms with Crippen LogP contribution in [0.3, 0.4) is 0 Å². The molecule has 172 valence electrons. The van der Waals surface area contributed by atoms with E-state index in [1.54, 1.807) is 37.5 Å². The number of carbonyl (C=O) groups excluding carboxylic acids is 2. The Morgan fingerprint density at radius 1 is 1.18 bits per heavy atom. The highest BCUT2D eigenvalue weighted by Gasteiger charge is 2.35. The fraction of sp³-hybridized carbons (Fsp3) is 0.227. The number of amides is 2. The minimum absolute atomic E-state index is 0.0106. The number of thioether (sulfide) groups is 1. The van der Waals surface area contributed by atoms with Crippen LogP contribution in [-0.2, 0) is 17.5 Å². The van der Waals surface area contributed by atoms with Crippen molar-refractivity contribution in [2.75, 3.05) is 20.1 Å². The quantitative estimate of drug-likeness (QED) is 0.488. The fourth-order valence-corrected chi connectivity index (χ4v) is 4.54. The van der Waals surface area contributed by atoms with Crippen molar-refractivity contribution < 1.29 is 22.8 Å². The average molecular weight is 495 g/mol. The molecule has 2 aromatic carbocycles. The summed E-state index contributed by atoms with van der Waals surface area (Å²) in [6.45, 7) is 0.703. The molecule has 11 heteroatoms. The molecule has 1 N–H and O–H groups in total. The van der Waals surface area contributed by atoms with Crippen LogP contribution in [0, 0.1) is 0 Å². The lowest BCUT2D eigenvalue weighted by molar-refractivity contribution is -0.138. The van der Waals surface area contributed by atoms with E-state index in [-0.39, 0.29) is 34.8 Å². The van der Waals surface area contributed by atoms with E-state index in [1.807, 2.05) is 0 Å². The SMILES string of the molecule is CNCCN1C(=O)S/C(=C\c2ccc3c(cnn3Cc3ccc(Cl)cc3C(F)(F)F)c2)C1=O. The van der Waals surface area contributed by atoms with Gasteiger partial charge < -0.3 is 5.32 Å². The van der Waals surface area contributed by atoms with Crippen LogP contribution >= 0.6 is 23.4 Å². The molecule has 4 rings (SSSR count). The molecule has 0 saturated carbocycles. The second-order valence-electron chi connectivity index (χ2n) is 7.36. The first kappa shape index (κ1) is 23.3. The van der Waals surface area contributed by atoms with Crippen LogP contribution in [0.5, 0.6) is 0 Å². The van der Waals surface area contributed by atoms with Crippen LogP contribution in [0.15, 0.2) is 47.5 Å². The molecule has 1 aliphatic rings. The van der Waals surface area contributed by atoms with Gasteiger partial charge in [-0.2, -0.15) is 18.3 Å². The first-order valence-electron chi connectivity index (χ1n) is 9.88. The molecule has 0 aliphatic carbocycles. The van der Waals surface area contributed by atoms with Gasteiger partial charge in [-0.1, -0.05) is 23.7 Å². The lowest BCUT2D eigenvalue weighted by Crippen LogP contribution is -2.34. The first-order chi connectivity index (χ1) is 15.7. The zero-order valence-electron chi connectivity index (χ0n) is 17.3. The number of hydrogen-bond donors (Lipinski definition) is 1. The van der Waals surface area contributed by atoms with Gasteiger partial charge in [0.05, 0.1) is 28.7 Å². The number of fused-ring (bicyclic) bond motifs is 1. The fourth-order valence-electron chi connectivity index (χ4n) is 3.50. The van der Waals surface area contributed by atoms with Crippen molar-refractivity contribution in [3.05, 3.63) is 69.2 Å². The Balaban J connectivity index is 1.60. The summed E-state index contributed by atoms with van der Waals surface area (Å²) in [5, 5.41) is 7.52. The summed E-state index contributed by atoms with van der Waals surface area (Å²) in [6, 6.07) is 8.89. The molecule has 33 heavy (non-hydrogen) atoms. The number of likely N-dealkylation sites (N-methyl/N-ethyl adjacent to an activating group) is 1. The van der Waals surface area contributed by atoms with Crippen LogP contribution in [0.2, 0.25) is 5.02 Å². The van der Waals surface area contributed by atoms with Gasteiger partial charge in [0.1, 0.15) is 0 Å². The third-order valence-electron chi connectivity index (χ3n) is 5.12. The second kappa shape index (κ2) is 9.20. The van der Waals surface area contributed by atoms with Gasteiger partial charge in [-0.15, -0.1) is 0 Å². The highest BCUT2D eigenvalue weighted by Crippen LogP contribution is 2.35. The van der Waals surface area contributed by atoms with E-state index in [4.69, 9.17) is 11.6 Å².